The van der Waals surface area contributed by atoms with Crippen LogP contribution < -0.4 is 5.32 Å². The minimum absolute atomic E-state index is 0.0896. The summed E-state index contributed by atoms with van der Waals surface area (Å²) in [6.07, 6.45) is 4.93. The van der Waals surface area contributed by atoms with Crippen molar-refractivity contribution in [3.05, 3.63) is 64.5 Å². The second-order valence-corrected chi connectivity index (χ2v) is 5.83. The van der Waals surface area contributed by atoms with Crippen molar-refractivity contribution < 1.29 is 4.92 Å². The second kappa shape index (κ2) is 7.19. The Kier molecular flexibility index (Phi) is 4.83. The van der Waals surface area contributed by atoms with E-state index >= 15 is 0 Å². The lowest BCUT2D eigenvalue weighted by molar-refractivity contribution is -0.384. The highest BCUT2D eigenvalue weighted by Crippen LogP contribution is 2.25. The fraction of sp³-hybridized carbons (Fsp3) is 0.353. The lowest BCUT2D eigenvalue weighted by atomic mass is 10.0. The van der Waals surface area contributed by atoms with Gasteiger partial charge in [-0.1, -0.05) is 30.3 Å². The summed E-state index contributed by atoms with van der Waals surface area (Å²) in [6.45, 7) is 2.93. The van der Waals surface area contributed by atoms with Crippen LogP contribution in [0.4, 0.5) is 11.4 Å². The molecular formula is C17H20N4O2. The average Bonchev–Trinajstić information content (AvgIpc) is 2.58. The summed E-state index contributed by atoms with van der Waals surface area (Å²) in [7, 11) is 0. The third kappa shape index (κ3) is 4.04. The van der Waals surface area contributed by atoms with Crippen molar-refractivity contribution in [2.45, 2.75) is 25.4 Å². The van der Waals surface area contributed by atoms with Gasteiger partial charge >= 0.3 is 0 Å². The summed E-state index contributed by atoms with van der Waals surface area (Å²) in [5, 5.41) is 14.3. The van der Waals surface area contributed by atoms with Crippen LogP contribution >= 0.6 is 0 Å². The molecule has 1 aliphatic heterocycles. The zero-order valence-electron chi connectivity index (χ0n) is 12.9. The molecule has 0 amide bonds. The number of anilines is 1. The highest BCUT2D eigenvalue weighted by Gasteiger charge is 2.22. The Hall–Kier alpha value is -2.47. The van der Waals surface area contributed by atoms with Crippen LogP contribution in [0.15, 0.2) is 48.8 Å². The highest BCUT2D eigenvalue weighted by atomic mass is 16.6. The second-order valence-electron chi connectivity index (χ2n) is 5.83. The molecule has 1 saturated heterocycles. The molecule has 0 aliphatic carbocycles. The molecule has 0 atom stereocenters. The normalized spacial score (nSPS) is 16.2. The van der Waals surface area contributed by atoms with Gasteiger partial charge in [0, 0.05) is 37.9 Å². The van der Waals surface area contributed by atoms with Crippen LogP contribution in [0.2, 0.25) is 0 Å². The van der Waals surface area contributed by atoms with Gasteiger partial charge in [-0.05, 0) is 18.4 Å². The van der Waals surface area contributed by atoms with Gasteiger partial charge in [-0.2, -0.15) is 0 Å². The third-order valence-corrected chi connectivity index (χ3v) is 4.19. The van der Waals surface area contributed by atoms with E-state index in [1.165, 1.54) is 24.0 Å². The van der Waals surface area contributed by atoms with E-state index in [1.54, 1.807) is 0 Å². The number of nitro groups is 1. The molecule has 0 unspecified atom stereocenters. The van der Waals surface area contributed by atoms with Gasteiger partial charge in [0.25, 0.3) is 5.69 Å². The number of pyridine rings is 1. The minimum atomic E-state index is -0.367. The van der Waals surface area contributed by atoms with Crippen LogP contribution in [0.3, 0.4) is 0 Å². The maximum Gasteiger partial charge on any atom is 0.295 e. The molecule has 6 heteroatoms. The predicted molar refractivity (Wildman–Crippen MR) is 89.3 cm³/mol. The van der Waals surface area contributed by atoms with E-state index < -0.39 is 0 Å². The molecule has 23 heavy (non-hydrogen) atoms. The maximum atomic E-state index is 11.0. The van der Waals surface area contributed by atoms with Gasteiger partial charge in [0.1, 0.15) is 5.69 Å². The highest BCUT2D eigenvalue weighted by molar-refractivity contribution is 5.59. The molecular weight excluding hydrogens is 292 g/mol. The number of aromatic nitrogens is 1. The number of nitrogens with zero attached hydrogens (tertiary/aromatic N) is 3. The van der Waals surface area contributed by atoms with Crippen molar-refractivity contribution in [2.24, 2.45) is 0 Å². The Morgan fingerprint density at radius 1 is 1.22 bits per heavy atom. The molecule has 1 N–H and O–H groups in total. The van der Waals surface area contributed by atoms with Crippen molar-refractivity contribution in [1.29, 1.82) is 0 Å². The molecule has 0 bridgehead atoms. The molecule has 2 heterocycles. The maximum absolute atomic E-state index is 11.0. The summed E-state index contributed by atoms with van der Waals surface area (Å²) in [5.74, 6) is 0. The largest absolute Gasteiger partial charge is 0.375 e. The van der Waals surface area contributed by atoms with Gasteiger partial charge in [0.05, 0.1) is 11.1 Å². The van der Waals surface area contributed by atoms with E-state index in [2.05, 4.69) is 39.5 Å². The van der Waals surface area contributed by atoms with Gasteiger partial charge in [-0.3, -0.25) is 20.0 Å². The summed E-state index contributed by atoms with van der Waals surface area (Å²) in [5.41, 5.74) is 1.92. The number of benzene rings is 1. The zero-order chi connectivity index (χ0) is 16.1. The fourth-order valence-electron chi connectivity index (χ4n) is 2.95. The van der Waals surface area contributed by atoms with Crippen molar-refractivity contribution in [3.63, 3.8) is 0 Å². The summed E-state index contributed by atoms with van der Waals surface area (Å²) in [4.78, 5) is 17.1. The molecule has 120 valence electrons. The van der Waals surface area contributed by atoms with Crippen LogP contribution in [0.5, 0.6) is 0 Å². The van der Waals surface area contributed by atoms with Crippen LogP contribution in [0.25, 0.3) is 0 Å². The van der Waals surface area contributed by atoms with Crippen molar-refractivity contribution in [3.8, 4) is 0 Å². The van der Waals surface area contributed by atoms with E-state index in [0.29, 0.717) is 5.69 Å². The topological polar surface area (TPSA) is 71.3 Å². The van der Waals surface area contributed by atoms with E-state index in [0.717, 1.165) is 32.5 Å². The first-order chi connectivity index (χ1) is 11.2. The van der Waals surface area contributed by atoms with Crippen LogP contribution in [-0.4, -0.2) is 33.9 Å². The number of likely N-dealkylation sites (tertiary alicyclic amines) is 1. The SMILES string of the molecule is O=[N+]([O-])c1ccncc1NC1CCN(Cc2ccccc2)CC1. The number of nitrogens with one attached hydrogen (secondary N) is 1. The molecule has 1 fully saturated rings. The van der Waals surface area contributed by atoms with Crippen molar-refractivity contribution in [1.82, 2.24) is 9.88 Å². The summed E-state index contributed by atoms with van der Waals surface area (Å²) in [6, 6.07) is 12.1. The molecule has 1 aromatic heterocycles. The molecule has 0 saturated carbocycles. The minimum Gasteiger partial charge on any atom is -0.375 e. The Morgan fingerprint density at radius 3 is 2.65 bits per heavy atom. The molecule has 1 aromatic carbocycles. The predicted octanol–water partition coefficient (Wildman–Crippen LogP) is 3.07. The lowest BCUT2D eigenvalue weighted by Crippen LogP contribution is -2.38. The Labute approximate surface area is 135 Å². The Bertz CT molecular complexity index is 655. The monoisotopic (exact) mass is 312 g/mol. The zero-order valence-corrected chi connectivity index (χ0v) is 12.9. The molecule has 1 aliphatic rings. The Balaban J connectivity index is 1.54. The number of hydrogen-bond donors (Lipinski definition) is 1. The van der Waals surface area contributed by atoms with E-state index in [4.69, 9.17) is 0 Å². The third-order valence-electron chi connectivity index (χ3n) is 4.19. The van der Waals surface area contributed by atoms with Gasteiger partial charge < -0.3 is 5.32 Å². The summed E-state index contributed by atoms with van der Waals surface area (Å²) >= 11 is 0. The molecule has 6 nitrogen and oxygen atoms in total. The molecule has 3 rings (SSSR count). The van der Waals surface area contributed by atoms with Gasteiger partial charge in [0.2, 0.25) is 0 Å². The lowest BCUT2D eigenvalue weighted by Gasteiger charge is -2.32. The van der Waals surface area contributed by atoms with Crippen molar-refractivity contribution >= 4 is 11.4 Å². The van der Waals surface area contributed by atoms with Crippen LogP contribution in [-0.2, 0) is 6.54 Å². The average molecular weight is 312 g/mol. The first-order valence-corrected chi connectivity index (χ1v) is 7.83. The van der Waals surface area contributed by atoms with Gasteiger partial charge in [-0.15, -0.1) is 0 Å². The Morgan fingerprint density at radius 2 is 1.96 bits per heavy atom. The van der Waals surface area contributed by atoms with E-state index in [-0.39, 0.29) is 16.7 Å². The molecule has 0 radical (unpaired) electrons. The first kappa shape index (κ1) is 15.4. The molecule has 2 aromatic rings. The number of piperidine rings is 1. The van der Waals surface area contributed by atoms with Crippen molar-refractivity contribution in [2.75, 3.05) is 18.4 Å². The number of hydrogen-bond acceptors (Lipinski definition) is 5. The van der Waals surface area contributed by atoms with E-state index in [1.807, 2.05) is 6.07 Å². The van der Waals surface area contributed by atoms with Crippen LogP contribution in [0, 0.1) is 10.1 Å². The first-order valence-electron chi connectivity index (χ1n) is 7.83. The van der Waals surface area contributed by atoms with Gasteiger partial charge in [0.15, 0.2) is 0 Å². The smallest absolute Gasteiger partial charge is 0.295 e. The quantitative estimate of drug-likeness (QED) is 0.678. The van der Waals surface area contributed by atoms with Gasteiger partial charge in [-0.25, -0.2) is 0 Å². The van der Waals surface area contributed by atoms with E-state index in [9.17, 15) is 10.1 Å². The standard InChI is InChI=1S/C17H20N4O2/c22-21(23)17-6-9-18-12-16(17)19-15-7-10-20(11-8-15)13-14-4-2-1-3-5-14/h1-6,9,12,15,19H,7-8,10-11,13H2. The summed E-state index contributed by atoms with van der Waals surface area (Å²) < 4.78 is 0. The van der Waals surface area contributed by atoms with Crippen LogP contribution in [0.1, 0.15) is 18.4 Å². The number of rotatable bonds is 5. The fourth-order valence-corrected chi connectivity index (χ4v) is 2.95. The molecule has 0 spiro atoms.